The minimum atomic E-state index is -0.953. The van der Waals surface area contributed by atoms with Crippen molar-refractivity contribution in [3.05, 3.63) is 76.2 Å². The van der Waals surface area contributed by atoms with E-state index in [1.807, 2.05) is 6.07 Å². The maximum atomic E-state index is 13.1. The fourth-order valence-electron chi connectivity index (χ4n) is 2.93. The summed E-state index contributed by atoms with van der Waals surface area (Å²) in [5.41, 5.74) is 1.75. The molecule has 1 fully saturated rings. The molecule has 0 N–H and O–H groups in total. The highest BCUT2D eigenvalue weighted by Crippen LogP contribution is 2.38. The monoisotopic (exact) mass is 441 g/mol. The number of amides is 1. The van der Waals surface area contributed by atoms with Crippen LogP contribution in [-0.4, -0.2) is 40.8 Å². The number of thioether (sulfide) groups is 1. The SMILES string of the molecule is CCOC(=O)C(c1ccccc1)N1C(=O)/C(=C/c2ccc(C(=O)OC)cc2)SC1=S. The van der Waals surface area contributed by atoms with Gasteiger partial charge in [0.05, 0.1) is 24.2 Å². The first kappa shape index (κ1) is 21.7. The average molecular weight is 442 g/mol. The molecule has 1 saturated heterocycles. The van der Waals surface area contributed by atoms with Crippen molar-refractivity contribution < 1.29 is 23.9 Å². The normalized spacial score (nSPS) is 15.9. The van der Waals surface area contributed by atoms with E-state index in [1.54, 1.807) is 61.5 Å². The van der Waals surface area contributed by atoms with Crippen molar-refractivity contribution in [1.82, 2.24) is 4.90 Å². The summed E-state index contributed by atoms with van der Waals surface area (Å²) < 4.78 is 10.2. The van der Waals surface area contributed by atoms with Crippen LogP contribution in [0.1, 0.15) is 34.5 Å². The van der Waals surface area contributed by atoms with Crippen molar-refractivity contribution in [3.8, 4) is 0 Å². The van der Waals surface area contributed by atoms with Gasteiger partial charge in [0, 0.05) is 0 Å². The van der Waals surface area contributed by atoms with Crippen molar-refractivity contribution in [3.63, 3.8) is 0 Å². The summed E-state index contributed by atoms with van der Waals surface area (Å²) in [4.78, 5) is 39.1. The lowest BCUT2D eigenvalue weighted by atomic mass is 10.1. The van der Waals surface area contributed by atoms with E-state index in [9.17, 15) is 14.4 Å². The largest absolute Gasteiger partial charge is 0.465 e. The Balaban J connectivity index is 1.91. The molecular formula is C22H19NO5S2. The van der Waals surface area contributed by atoms with Crippen molar-refractivity contribution in [2.24, 2.45) is 0 Å². The predicted octanol–water partition coefficient (Wildman–Crippen LogP) is 3.98. The van der Waals surface area contributed by atoms with Crippen molar-refractivity contribution in [2.75, 3.05) is 13.7 Å². The van der Waals surface area contributed by atoms with Gasteiger partial charge in [0.1, 0.15) is 4.32 Å². The average Bonchev–Trinajstić information content (AvgIpc) is 3.03. The molecule has 0 aliphatic carbocycles. The Labute approximate surface area is 183 Å². The van der Waals surface area contributed by atoms with Gasteiger partial charge in [0.15, 0.2) is 6.04 Å². The highest BCUT2D eigenvalue weighted by Gasteiger charge is 2.42. The van der Waals surface area contributed by atoms with E-state index in [2.05, 4.69) is 4.74 Å². The van der Waals surface area contributed by atoms with Crippen LogP contribution in [-0.2, 0) is 19.1 Å². The number of benzene rings is 2. The van der Waals surface area contributed by atoms with Gasteiger partial charge in [-0.3, -0.25) is 9.69 Å². The minimum Gasteiger partial charge on any atom is -0.465 e. The Bertz CT molecular complexity index is 1000. The van der Waals surface area contributed by atoms with Gasteiger partial charge in [-0.25, -0.2) is 9.59 Å². The molecule has 1 atom stereocenters. The van der Waals surface area contributed by atoms with E-state index in [0.29, 0.717) is 16.0 Å². The molecule has 1 aliphatic rings. The number of carbonyl (C=O) groups excluding carboxylic acids is 3. The van der Waals surface area contributed by atoms with Crippen LogP contribution in [0.3, 0.4) is 0 Å². The number of thiocarbonyl (C=S) groups is 1. The zero-order chi connectivity index (χ0) is 21.7. The van der Waals surface area contributed by atoms with Crippen LogP contribution in [0.2, 0.25) is 0 Å². The molecule has 1 unspecified atom stereocenters. The van der Waals surface area contributed by atoms with Gasteiger partial charge >= 0.3 is 11.9 Å². The summed E-state index contributed by atoms with van der Waals surface area (Å²) in [7, 11) is 1.31. The number of rotatable bonds is 6. The van der Waals surface area contributed by atoms with Gasteiger partial charge in [0.2, 0.25) is 0 Å². The number of nitrogens with zero attached hydrogens (tertiary/aromatic N) is 1. The molecule has 0 bridgehead atoms. The molecule has 0 spiro atoms. The Morgan fingerprint density at radius 1 is 1.13 bits per heavy atom. The van der Waals surface area contributed by atoms with Gasteiger partial charge in [-0.2, -0.15) is 0 Å². The van der Waals surface area contributed by atoms with E-state index in [1.165, 1.54) is 12.0 Å². The number of carbonyl (C=O) groups is 3. The summed E-state index contributed by atoms with van der Waals surface area (Å²) in [5.74, 6) is -1.35. The van der Waals surface area contributed by atoms with Crippen LogP contribution in [0, 0.1) is 0 Å². The van der Waals surface area contributed by atoms with Crippen LogP contribution in [0.4, 0.5) is 0 Å². The predicted molar refractivity (Wildman–Crippen MR) is 119 cm³/mol. The molecule has 30 heavy (non-hydrogen) atoms. The van der Waals surface area contributed by atoms with Crippen molar-refractivity contribution in [1.29, 1.82) is 0 Å². The van der Waals surface area contributed by atoms with E-state index in [4.69, 9.17) is 17.0 Å². The summed E-state index contributed by atoms with van der Waals surface area (Å²) in [6.07, 6.45) is 1.67. The minimum absolute atomic E-state index is 0.194. The van der Waals surface area contributed by atoms with Crippen LogP contribution < -0.4 is 0 Å². The molecule has 0 saturated carbocycles. The topological polar surface area (TPSA) is 72.9 Å². The molecule has 2 aromatic carbocycles. The summed E-state index contributed by atoms with van der Waals surface area (Å²) in [6, 6.07) is 14.6. The Morgan fingerprint density at radius 2 is 1.80 bits per heavy atom. The van der Waals surface area contributed by atoms with Crippen molar-refractivity contribution in [2.45, 2.75) is 13.0 Å². The van der Waals surface area contributed by atoms with Crippen LogP contribution in [0.25, 0.3) is 6.08 Å². The second kappa shape index (κ2) is 9.69. The first-order valence-corrected chi connectivity index (χ1v) is 10.4. The zero-order valence-corrected chi connectivity index (χ0v) is 18.0. The maximum absolute atomic E-state index is 13.1. The Kier molecular flexibility index (Phi) is 7.02. The molecule has 3 rings (SSSR count). The lowest BCUT2D eigenvalue weighted by Crippen LogP contribution is -2.38. The molecule has 1 heterocycles. The summed E-state index contributed by atoms with van der Waals surface area (Å²) in [6.45, 7) is 1.90. The smallest absolute Gasteiger partial charge is 0.337 e. The summed E-state index contributed by atoms with van der Waals surface area (Å²) >= 11 is 6.54. The Hall–Kier alpha value is -2.97. The van der Waals surface area contributed by atoms with Gasteiger partial charge < -0.3 is 9.47 Å². The third-order valence-electron chi connectivity index (χ3n) is 4.34. The van der Waals surface area contributed by atoms with E-state index < -0.39 is 18.0 Å². The van der Waals surface area contributed by atoms with Crippen LogP contribution in [0.15, 0.2) is 59.5 Å². The molecule has 154 valence electrons. The van der Waals surface area contributed by atoms with Gasteiger partial charge in [-0.05, 0) is 36.3 Å². The quantitative estimate of drug-likeness (QED) is 0.381. The third kappa shape index (κ3) is 4.60. The lowest BCUT2D eigenvalue weighted by Gasteiger charge is -2.25. The first-order valence-electron chi connectivity index (χ1n) is 9.13. The number of hydrogen-bond acceptors (Lipinski definition) is 7. The Morgan fingerprint density at radius 3 is 2.40 bits per heavy atom. The number of hydrogen-bond donors (Lipinski definition) is 0. The summed E-state index contributed by atoms with van der Waals surface area (Å²) in [5, 5.41) is 0. The zero-order valence-electron chi connectivity index (χ0n) is 16.4. The molecule has 0 radical (unpaired) electrons. The molecule has 6 nitrogen and oxygen atoms in total. The van der Waals surface area contributed by atoms with E-state index in [-0.39, 0.29) is 16.8 Å². The highest BCUT2D eigenvalue weighted by molar-refractivity contribution is 8.26. The second-order valence-corrected chi connectivity index (χ2v) is 7.91. The maximum Gasteiger partial charge on any atom is 0.337 e. The van der Waals surface area contributed by atoms with Crippen molar-refractivity contribution >= 4 is 52.2 Å². The number of methoxy groups -OCH3 is 1. The van der Waals surface area contributed by atoms with Gasteiger partial charge in [0.25, 0.3) is 5.91 Å². The first-order chi connectivity index (χ1) is 14.5. The molecule has 2 aromatic rings. The molecule has 1 amide bonds. The molecule has 1 aliphatic heterocycles. The number of ether oxygens (including phenoxy) is 2. The third-order valence-corrected chi connectivity index (χ3v) is 5.67. The van der Waals surface area contributed by atoms with Crippen LogP contribution in [0.5, 0.6) is 0 Å². The standard InChI is InChI=1S/C22H19NO5S2/c1-3-28-21(26)18(15-7-5-4-6-8-15)23-19(24)17(30-22(23)29)13-14-9-11-16(12-10-14)20(25)27-2/h4-13,18H,3H2,1-2H3/b17-13-. The van der Waals surface area contributed by atoms with Crippen LogP contribution >= 0.6 is 24.0 Å². The van der Waals surface area contributed by atoms with E-state index >= 15 is 0 Å². The van der Waals surface area contributed by atoms with Gasteiger partial charge in [-0.15, -0.1) is 0 Å². The lowest BCUT2D eigenvalue weighted by molar-refractivity contribution is -0.151. The fourth-order valence-corrected chi connectivity index (χ4v) is 4.25. The highest BCUT2D eigenvalue weighted by atomic mass is 32.2. The van der Waals surface area contributed by atoms with Gasteiger partial charge in [-0.1, -0.05) is 66.4 Å². The van der Waals surface area contributed by atoms with E-state index in [0.717, 1.165) is 17.3 Å². The molecular weight excluding hydrogens is 422 g/mol. The molecule has 8 heteroatoms. The fraction of sp³-hybridized carbons (Fsp3) is 0.182. The molecule has 0 aromatic heterocycles. The second-order valence-electron chi connectivity index (χ2n) is 6.23. The number of esters is 2.